The summed E-state index contributed by atoms with van der Waals surface area (Å²) in [6, 6.07) is 9.58. The van der Waals surface area contributed by atoms with Gasteiger partial charge in [0.25, 0.3) is 0 Å². The fourth-order valence-corrected chi connectivity index (χ4v) is 3.39. The van der Waals surface area contributed by atoms with Crippen molar-refractivity contribution in [3.8, 4) is 11.5 Å². The molecule has 1 N–H and O–H groups in total. The fourth-order valence-electron chi connectivity index (χ4n) is 2.84. The Kier molecular flexibility index (Phi) is 6.80. The van der Waals surface area contributed by atoms with E-state index >= 15 is 0 Å². The Labute approximate surface area is 176 Å². The van der Waals surface area contributed by atoms with Crippen molar-refractivity contribution in [2.75, 3.05) is 20.3 Å². The third-order valence-electron chi connectivity index (χ3n) is 4.17. The molecule has 0 aliphatic carbocycles. The van der Waals surface area contributed by atoms with Crippen LogP contribution in [-0.2, 0) is 20.7 Å². The Morgan fingerprint density at radius 2 is 1.93 bits per heavy atom. The molecular formula is C20H19BrClNO5. The van der Waals surface area contributed by atoms with Gasteiger partial charge in [-0.2, -0.15) is 0 Å². The van der Waals surface area contributed by atoms with Crippen molar-refractivity contribution in [3.05, 3.63) is 57.0 Å². The van der Waals surface area contributed by atoms with E-state index in [1.807, 2.05) is 0 Å². The van der Waals surface area contributed by atoms with E-state index in [-0.39, 0.29) is 12.3 Å². The Hall–Kier alpha value is -2.25. The van der Waals surface area contributed by atoms with Crippen molar-refractivity contribution in [3.63, 3.8) is 0 Å². The van der Waals surface area contributed by atoms with Crippen LogP contribution in [0.5, 0.6) is 11.5 Å². The van der Waals surface area contributed by atoms with Gasteiger partial charge >= 0.3 is 5.97 Å². The third kappa shape index (κ3) is 4.97. The zero-order chi connectivity index (χ0) is 20.1. The van der Waals surface area contributed by atoms with E-state index < -0.39 is 12.0 Å². The normalized spacial score (nSPS) is 14.0. The molecule has 6 nitrogen and oxygen atoms in total. The molecule has 148 valence electrons. The second-order valence-corrected chi connectivity index (χ2v) is 7.53. The number of fused-ring (bicyclic) bond motifs is 1. The van der Waals surface area contributed by atoms with Gasteiger partial charge in [-0.15, -0.1) is 0 Å². The summed E-state index contributed by atoms with van der Waals surface area (Å²) >= 11 is 9.63. The average molecular weight is 469 g/mol. The monoisotopic (exact) mass is 467 g/mol. The SMILES string of the molecule is COC(=O)C(NC(=O)Cc1cc(Cl)c2c(c1)OCCCO2)c1ccc(Br)cc1. The summed E-state index contributed by atoms with van der Waals surface area (Å²) in [6.45, 7) is 1.05. The highest BCUT2D eigenvalue weighted by Crippen LogP contribution is 2.38. The molecule has 1 amide bonds. The summed E-state index contributed by atoms with van der Waals surface area (Å²) < 4.78 is 16.9. The lowest BCUT2D eigenvalue weighted by Gasteiger charge is -2.17. The third-order valence-corrected chi connectivity index (χ3v) is 4.98. The number of benzene rings is 2. The molecule has 2 aromatic rings. The maximum Gasteiger partial charge on any atom is 0.333 e. The first-order valence-electron chi connectivity index (χ1n) is 8.68. The van der Waals surface area contributed by atoms with Gasteiger partial charge in [-0.1, -0.05) is 39.7 Å². The van der Waals surface area contributed by atoms with Crippen molar-refractivity contribution in [2.45, 2.75) is 18.9 Å². The molecule has 1 aliphatic heterocycles. The minimum Gasteiger partial charge on any atom is -0.489 e. The zero-order valence-electron chi connectivity index (χ0n) is 15.2. The van der Waals surface area contributed by atoms with E-state index in [4.69, 9.17) is 25.8 Å². The molecule has 1 atom stereocenters. The highest BCUT2D eigenvalue weighted by molar-refractivity contribution is 9.10. The topological polar surface area (TPSA) is 73.9 Å². The molecular weight excluding hydrogens is 450 g/mol. The fraction of sp³-hybridized carbons (Fsp3) is 0.300. The molecule has 1 unspecified atom stereocenters. The van der Waals surface area contributed by atoms with Gasteiger partial charge in [-0.25, -0.2) is 4.79 Å². The summed E-state index contributed by atoms with van der Waals surface area (Å²) in [4.78, 5) is 24.8. The lowest BCUT2D eigenvalue weighted by Crippen LogP contribution is -2.35. The molecule has 0 saturated heterocycles. The van der Waals surface area contributed by atoms with Crippen LogP contribution < -0.4 is 14.8 Å². The van der Waals surface area contributed by atoms with Crippen molar-refractivity contribution in [1.82, 2.24) is 5.32 Å². The number of carbonyl (C=O) groups is 2. The van der Waals surface area contributed by atoms with Gasteiger partial charge in [0.05, 0.1) is 31.8 Å². The second kappa shape index (κ2) is 9.30. The zero-order valence-corrected chi connectivity index (χ0v) is 17.5. The highest BCUT2D eigenvalue weighted by Gasteiger charge is 2.24. The Balaban J connectivity index is 1.76. The number of methoxy groups -OCH3 is 1. The number of amides is 1. The van der Waals surface area contributed by atoms with Crippen LogP contribution in [0.3, 0.4) is 0 Å². The molecule has 0 aromatic heterocycles. The molecule has 0 fully saturated rings. The van der Waals surface area contributed by atoms with E-state index in [0.717, 1.165) is 10.9 Å². The van der Waals surface area contributed by atoms with Gasteiger partial charge in [-0.05, 0) is 35.4 Å². The van der Waals surface area contributed by atoms with Crippen molar-refractivity contribution in [1.29, 1.82) is 0 Å². The van der Waals surface area contributed by atoms with Gasteiger partial charge in [0, 0.05) is 10.9 Å². The Bertz CT molecular complexity index is 872. The van der Waals surface area contributed by atoms with E-state index in [9.17, 15) is 9.59 Å². The number of hydrogen-bond donors (Lipinski definition) is 1. The maximum atomic E-state index is 12.6. The molecule has 1 heterocycles. The number of hydrogen-bond acceptors (Lipinski definition) is 5. The summed E-state index contributed by atoms with van der Waals surface area (Å²) in [5, 5.41) is 3.11. The number of esters is 1. The molecule has 0 radical (unpaired) electrons. The molecule has 8 heteroatoms. The van der Waals surface area contributed by atoms with Gasteiger partial charge in [0.1, 0.15) is 0 Å². The molecule has 3 rings (SSSR count). The Morgan fingerprint density at radius 1 is 1.21 bits per heavy atom. The molecule has 0 saturated carbocycles. The van der Waals surface area contributed by atoms with Crippen LogP contribution in [-0.4, -0.2) is 32.2 Å². The summed E-state index contributed by atoms with van der Waals surface area (Å²) in [7, 11) is 1.28. The lowest BCUT2D eigenvalue weighted by molar-refractivity contribution is -0.145. The van der Waals surface area contributed by atoms with E-state index in [1.165, 1.54) is 7.11 Å². The minimum absolute atomic E-state index is 0.0282. The van der Waals surface area contributed by atoms with Gasteiger partial charge in [-0.3, -0.25) is 4.79 Å². The average Bonchev–Trinajstić information content (AvgIpc) is 2.92. The van der Waals surface area contributed by atoms with Crippen LogP contribution in [0.4, 0.5) is 0 Å². The number of carbonyl (C=O) groups excluding carboxylic acids is 2. The van der Waals surface area contributed by atoms with Crippen molar-refractivity contribution >= 4 is 39.4 Å². The van der Waals surface area contributed by atoms with Crippen LogP contribution in [0.2, 0.25) is 5.02 Å². The number of nitrogens with one attached hydrogen (secondary N) is 1. The summed E-state index contributed by atoms with van der Waals surface area (Å²) in [5.74, 6) is 0.118. The lowest BCUT2D eigenvalue weighted by atomic mass is 10.1. The molecule has 0 spiro atoms. The standard InChI is InChI=1S/C20H19BrClNO5/c1-26-20(25)18(13-3-5-14(21)6-4-13)23-17(24)11-12-9-15(22)19-16(10-12)27-7-2-8-28-19/h3-6,9-10,18H,2,7-8,11H2,1H3,(H,23,24). The van der Waals surface area contributed by atoms with E-state index in [0.29, 0.717) is 40.9 Å². The molecule has 1 aliphatic rings. The largest absolute Gasteiger partial charge is 0.489 e. The number of ether oxygens (including phenoxy) is 3. The first kappa shape index (κ1) is 20.5. The van der Waals surface area contributed by atoms with E-state index in [1.54, 1.807) is 36.4 Å². The quantitative estimate of drug-likeness (QED) is 0.675. The maximum absolute atomic E-state index is 12.6. The van der Waals surface area contributed by atoms with Crippen LogP contribution in [0, 0.1) is 0 Å². The number of rotatable bonds is 5. The summed E-state index contributed by atoms with van der Waals surface area (Å²) in [6.07, 6.45) is 0.787. The van der Waals surface area contributed by atoms with Gasteiger partial charge < -0.3 is 19.5 Å². The van der Waals surface area contributed by atoms with Crippen LogP contribution >= 0.6 is 27.5 Å². The van der Waals surface area contributed by atoms with Crippen LogP contribution in [0.1, 0.15) is 23.6 Å². The summed E-state index contributed by atoms with van der Waals surface area (Å²) in [5.41, 5.74) is 1.28. The predicted octanol–water partition coefficient (Wildman–Crippen LogP) is 3.84. The molecule has 28 heavy (non-hydrogen) atoms. The second-order valence-electron chi connectivity index (χ2n) is 6.21. The van der Waals surface area contributed by atoms with Crippen molar-refractivity contribution in [2.24, 2.45) is 0 Å². The predicted molar refractivity (Wildman–Crippen MR) is 108 cm³/mol. The smallest absolute Gasteiger partial charge is 0.333 e. The number of halogens is 2. The molecule has 0 bridgehead atoms. The Morgan fingerprint density at radius 3 is 2.64 bits per heavy atom. The van der Waals surface area contributed by atoms with Crippen molar-refractivity contribution < 1.29 is 23.8 Å². The van der Waals surface area contributed by atoms with E-state index in [2.05, 4.69) is 21.2 Å². The van der Waals surface area contributed by atoms with Gasteiger partial charge in [0.2, 0.25) is 5.91 Å². The first-order valence-corrected chi connectivity index (χ1v) is 9.85. The first-order chi connectivity index (χ1) is 13.5. The van der Waals surface area contributed by atoms with Crippen LogP contribution in [0.15, 0.2) is 40.9 Å². The highest BCUT2D eigenvalue weighted by atomic mass is 79.9. The van der Waals surface area contributed by atoms with Gasteiger partial charge in [0.15, 0.2) is 17.5 Å². The minimum atomic E-state index is -0.901. The molecule has 2 aromatic carbocycles. The van der Waals surface area contributed by atoms with Crippen LogP contribution in [0.25, 0.3) is 0 Å².